The highest BCUT2D eigenvalue weighted by atomic mass is 16.5. The van der Waals surface area contributed by atoms with Crippen molar-refractivity contribution in [1.29, 1.82) is 0 Å². The van der Waals surface area contributed by atoms with Crippen LogP contribution in [-0.4, -0.2) is 98.3 Å². The molecule has 9 heteroatoms. The first kappa shape index (κ1) is 20.1. The number of rotatable bonds is 6. The van der Waals surface area contributed by atoms with Gasteiger partial charge in [-0.3, -0.25) is 14.5 Å². The SMILES string of the molecule is C[C@H](C(=O)NCCN1CCOCC1)N1Cc2ccc(N3CCOCC3)nc2C1=O. The number of fused-ring (bicyclic) bond motifs is 1. The van der Waals surface area contributed by atoms with Crippen molar-refractivity contribution in [3.63, 3.8) is 0 Å². The van der Waals surface area contributed by atoms with E-state index in [2.05, 4.69) is 20.1 Å². The number of carbonyl (C=O) groups excluding carboxylic acids is 2. The molecule has 9 nitrogen and oxygen atoms in total. The Morgan fingerprint density at radius 2 is 1.83 bits per heavy atom. The maximum atomic E-state index is 12.9. The summed E-state index contributed by atoms with van der Waals surface area (Å²) in [6.45, 7) is 9.69. The van der Waals surface area contributed by atoms with Crippen LogP contribution in [0.15, 0.2) is 12.1 Å². The quantitative estimate of drug-likeness (QED) is 0.699. The number of morpholine rings is 2. The summed E-state index contributed by atoms with van der Waals surface area (Å²) in [5.41, 5.74) is 1.34. The van der Waals surface area contributed by atoms with E-state index in [4.69, 9.17) is 9.47 Å². The largest absolute Gasteiger partial charge is 0.379 e. The van der Waals surface area contributed by atoms with Crippen molar-refractivity contribution in [2.24, 2.45) is 0 Å². The first-order chi connectivity index (χ1) is 14.1. The summed E-state index contributed by atoms with van der Waals surface area (Å²) in [5.74, 6) is 0.489. The van der Waals surface area contributed by atoms with Crippen LogP contribution < -0.4 is 10.2 Å². The van der Waals surface area contributed by atoms with Crippen LogP contribution in [0.4, 0.5) is 5.82 Å². The molecule has 29 heavy (non-hydrogen) atoms. The maximum absolute atomic E-state index is 12.9. The van der Waals surface area contributed by atoms with Crippen LogP contribution in [-0.2, 0) is 20.8 Å². The van der Waals surface area contributed by atoms with E-state index in [0.29, 0.717) is 32.0 Å². The number of amides is 2. The van der Waals surface area contributed by atoms with Crippen molar-refractivity contribution in [3.8, 4) is 0 Å². The van der Waals surface area contributed by atoms with Crippen LogP contribution in [0.25, 0.3) is 0 Å². The Labute approximate surface area is 170 Å². The molecule has 0 aromatic carbocycles. The highest BCUT2D eigenvalue weighted by Crippen LogP contribution is 2.26. The van der Waals surface area contributed by atoms with Crippen LogP contribution in [0.3, 0.4) is 0 Å². The van der Waals surface area contributed by atoms with Gasteiger partial charge in [0.1, 0.15) is 17.6 Å². The van der Waals surface area contributed by atoms with Crippen molar-refractivity contribution < 1.29 is 19.1 Å². The number of anilines is 1. The Morgan fingerprint density at radius 1 is 1.14 bits per heavy atom. The minimum atomic E-state index is -0.534. The van der Waals surface area contributed by atoms with E-state index in [0.717, 1.165) is 57.3 Å². The fourth-order valence-electron chi connectivity index (χ4n) is 3.91. The molecule has 3 aliphatic rings. The fraction of sp³-hybridized carbons (Fsp3) is 0.650. The van der Waals surface area contributed by atoms with Crippen molar-refractivity contribution in [3.05, 3.63) is 23.4 Å². The van der Waals surface area contributed by atoms with Crippen LogP contribution in [0, 0.1) is 0 Å². The molecule has 2 amide bonds. The summed E-state index contributed by atoms with van der Waals surface area (Å²) >= 11 is 0. The third-order valence-corrected chi connectivity index (χ3v) is 5.78. The fourth-order valence-corrected chi connectivity index (χ4v) is 3.91. The zero-order chi connectivity index (χ0) is 20.2. The predicted octanol–water partition coefficient (Wildman–Crippen LogP) is -0.289. The molecule has 0 saturated carbocycles. The lowest BCUT2D eigenvalue weighted by Crippen LogP contribution is -2.48. The van der Waals surface area contributed by atoms with E-state index < -0.39 is 6.04 Å². The molecule has 3 aliphatic heterocycles. The topological polar surface area (TPSA) is 87.2 Å². The van der Waals surface area contributed by atoms with Crippen molar-refractivity contribution in [1.82, 2.24) is 20.1 Å². The van der Waals surface area contributed by atoms with Gasteiger partial charge < -0.3 is 24.6 Å². The second-order valence-corrected chi connectivity index (χ2v) is 7.63. The number of hydrogen-bond donors (Lipinski definition) is 1. The molecule has 0 bridgehead atoms. The van der Waals surface area contributed by atoms with Gasteiger partial charge in [0.2, 0.25) is 5.91 Å². The summed E-state index contributed by atoms with van der Waals surface area (Å²) in [4.78, 5) is 36.1. The number of aromatic nitrogens is 1. The van der Waals surface area contributed by atoms with E-state index in [-0.39, 0.29) is 11.8 Å². The smallest absolute Gasteiger partial charge is 0.273 e. The second-order valence-electron chi connectivity index (χ2n) is 7.63. The molecular formula is C20H29N5O4. The molecule has 1 aromatic heterocycles. The standard InChI is InChI=1S/C20H29N5O4/c1-15(19(26)21-4-5-23-6-10-28-11-7-23)25-14-16-2-3-17(22-18(16)20(25)27)24-8-12-29-13-9-24/h2-3,15H,4-14H2,1H3,(H,21,26)/t15-/m1/s1. The first-order valence-electron chi connectivity index (χ1n) is 10.3. The Bertz CT molecular complexity index is 746. The van der Waals surface area contributed by atoms with E-state index in [9.17, 15) is 9.59 Å². The normalized spacial score (nSPS) is 21.2. The second kappa shape index (κ2) is 9.06. The number of ether oxygens (including phenoxy) is 2. The third-order valence-electron chi connectivity index (χ3n) is 5.78. The molecule has 0 radical (unpaired) electrons. The highest BCUT2D eigenvalue weighted by Gasteiger charge is 2.35. The summed E-state index contributed by atoms with van der Waals surface area (Å²) < 4.78 is 10.7. The van der Waals surface area contributed by atoms with Crippen molar-refractivity contribution >= 4 is 17.6 Å². The van der Waals surface area contributed by atoms with Crippen LogP contribution >= 0.6 is 0 Å². The van der Waals surface area contributed by atoms with Gasteiger partial charge in [-0.1, -0.05) is 6.07 Å². The zero-order valence-electron chi connectivity index (χ0n) is 16.9. The molecule has 0 unspecified atom stereocenters. The number of hydrogen-bond acceptors (Lipinski definition) is 7. The monoisotopic (exact) mass is 403 g/mol. The summed E-state index contributed by atoms with van der Waals surface area (Å²) in [6.07, 6.45) is 0. The van der Waals surface area contributed by atoms with Gasteiger partial charge in [0.15, 0.2) is 0 Å². The average Bonchev–Trinajstić information content (AvgIpc) is 3.10. The molecule has 1 N–H and O–H groups in total. The Kier molecular flexibility index (Phi) is 6.27. The lowest BCUT2D eigenvalue weighted by Gasteiger charge is -2.28. The number of nitrogens with zero attached hydrogens (tertiary/aromatic N) is 4. The zero-order valence-corrected chi connectivity index (χ0v) is 16.9. The molecule has 4 heterocycles. The minimum Gasteiger partial charge on any atom is -0.379 e. The minimum absolute atomic E-state index is 0.132. The van der Waals surface area contributed by atoms with Gasteiger partial charge in [0.05, 0.1) is 26.4 Å². The van der Waals surface area contributed by atoms with Crippen LogP contribution in [0.1, 0.15) is 23.0 Å². The summed E-state index contributed by atoms with van der Waals surface area (Å²) in [6, 6.07) is 3.37. The van der Waals surface area contributed by atoms with Gasteiger partial charge in [-0.25, -0.2) is 4.98 Å². The van der Waals surface area contributed by atoms with Gasteiger partial charge in [0.25, 0.3) is 5.91 Å². The van der Waals surface area contributed by atoms with E-state index in [1.54, 1.807) is 11.8 Å². The molecule has 0 spiro atoms. The van der Waals surface area contributed by atoms with Gasteiger partial charge in [-0.05, 0) is 13.0 Å². The van der Waals surface area contributed by atoms with E-state index in [1.807, 2.05) is 12.1 Å². The Morgan fingerprint density at radius 3 is 2.55 bits per heavy atom. The Balaban J connectivity index is 1.33. The molecule has 1 aromatic rings. The highest BCUT2D eigenvalue weighted by molar-refractivity contribution is 5.99. The number of nitrogens with one attached hydrogen (secondary N) is 1. The van der Waals surface area contributed by atoms with Crippen molar-refractivity contribution in [2.75, 3.05) is 70.6 Å². The van der Waals surface area contributed by atoms with Gasteiger partial charge >= 0.3 is 0 Å². The molecule has 1 atom stereocenters. The lowest BCUT2D eigenvalue weighted by molar-refractivity contribution is -0.125. The number of carbonyl (C=O) groups is 2. The lowest BCUT2D eigenvalue weighted by atomic mass is 10.2. The van der Waals surface area contributed by atoms with Crippen molar-refractivity contribution in [2.45, 2.75) is 19.5 Å². The van der Waals surface area contributed by atoms with Gasteiger partial charge in [-0.15, -0.1) is 0 Å². The number of pyridine rings is 1. The van der Waals surface area contributed by atoms with Crippen LogP contribution in [0.5, 0.6) is 0 Å². The molecule has 2 fully saturated rings. The molecule has 0 aliphatic carbocycles. The van der Waals surface area contributed by atoms with E-state index >= 15 is 0 Å². The third kappa shape index (κ3) is 4.52. The molecule has 2 saturated heterocycles. The predicted molar refractivity (Wildman–Crippen MR) is 107 cm³/mol. The summed E-state index contributed by atoms with van der Waals surface area (Å²) in [7, 11) is 0. The molecule has 158 valence electrons. The van der Waals surface area contributed by atoms with Gasteiger partial charge in [0, 0.05) is 51.4 Å². The van der Waals surface area contributed by atoms with Crippen LogP contribution in [0.2, 0.25) is 0 Å². The maximum Gasteiger partial charge on any atom is 0.273 e. The van der Waals surface area contributed by atoms with Gasteiger partial charge in [-0.2, -0.15) is 0 Å². The Hall–Kier alpha value is -2.23. The average molecular weight is 403 g/mol. The summed E-state index contributed by atoms with van der Waals surface area (Å²) in [5, 5.41) is 2.96. The molecule has 4 rings (SSSR count). The first-order valence-corrected chi connectivity index (χ1v) is 10.3. The van der Waals surface area contributed by atoms with E-state index in [1.165, 1.54) is 0 Å². The molecular weight excluding hydrogens is 374 g/mol.